The normalized spacial score (nSPS) is 24.1. The van der Waals surface area contributed by atoms with Gasteiger partial charge in [0.05, 0.1) is 6.10 Å². The standard InChI is InChI=1S/C9H15NO2/c1-7(2)12-8(11)10-5-9(6-10)3-4-9/h7H,3-6H2,1-2H3. The van der Waals surface area contributed by atoms with Crippen molar-refractivity contribution in [2.24, 2.45) is 5.41 Å². The lowest BCUT2D eigenvalue weighted by Gasteiger charge is -2.39. The van der Waals surface area contributed by atoms with E-state index in [1.54, 1.807) is 4.90 Å². The minimum absolute atomic E-state index is 0.00764. The van der Waals surface area contributed by atoms with Gasteiger partial charge in [0.2, 0.25) is 0 Å². The summed E-state index contributed by atoms with van der Waals surface area (Å²) >= 11 is 0. The highest BCUT2D eigenvalue weighted by atomic mass is 16.6. The molecule has 0 aromatic carbocycles. The summed E-state index contributed by atoms with van der Waals surface area (Å²) in [5, 5.41) is 0. The van der Waals surface area contributed by atoms with Crippen molar-refractivity contribution in [3.8, 4) is 0 Å². The zero-order chi connectivity index (χ0) is 8.77. The van der Waals surface area contributed by atoms with Crippen LogP contribution >= 0.6 is 0 Å². The third-order valence-electron chi connectivity index (χ3n) is 2.60. The quantitative estimate of drug-likeness (QED) is 0.597. The van der Waals surface area contributed by atoms with E-state index in [1.165, 1.54) is 12.8 Å². The summed E-state index contributed by atoms with van der Waals surface area (Å²) in [5.74, 6) is 0. The van der Waals surface area contributed by atoms with Gasteiger partial charge in [-0.1, -0.05) is 0 Å². The minimum Gasteiger partial charge on any atom is -0.447 e. The predicted molar refractivity (Wildman–Crippen MR) is 44.9 cm³/mol. The largest absolute Gasteiger partial charge is 0.447 e. The Morgan fingerprint density at radius 3 is 2.42 bits per heavy atom. The van der Waals surface area contributed by atoms with Crippen LogP contribution in [-0.2, 0) is 4.74 Å². The van der Waals surface area contributed by atoms with E-state index in [4.69, 9.17) is 4.74 Å². The van der Waals surface area contributed by atoms with Gasteiger partial charge in [-0.15, -0.1) is 0 Å². The maximum atomic E-state index is 11.3. The molecule has 1 heterocycles. The molecule has 3 heteroatoms. The van der Waals surface area contributed by atoms with E-state index in [9.17, 15) is 4.79 Å². The summed E-state index contributed by atoms with van der Waals surface area (Å²) in [6.07, 6.45) is 2.48. The van der Waals surface area contributed by atoms with Gasteiger partial charge in [-0.25, -0.2) is 4.79 Å². The molecule has 68 valence electrons. The number of hydrogen-bond donors (Lipinski definition) is 0. The van der Waals surface area contributed by atoms with Gasteiger partial charge in [-0.2, -0.15) is 0 Å². The van der Waals surface area contributed by atoms with Crippen molar-refractivity contribution in [1.29, 1.82) is 0 Å². The summed E-state index contributed by atoms with van der Waals surface area (Å²) in [6.45, 7) is 5.62. The average molecular weight is 169 g/mol. The van der Waals surface area contributed by atoms with Crippen LogP contribution in [0.2, 0.25) is 0 Å². The van der Waals surface area contributed by atoms with E-state index in [-0.39, 0.29) is 12.2 Å². The second kappa shape index (κ2) is 2.38. The Bertz CT molecular complexity index is 201. The number of hydrogen-bond acceptors (Lipinski definition) is 2. The summed E-state index contributed by atoms with van der Waals surface area (Å²) in [7, 11) is 0. The third kappa shape index (κ3) is 1.28. The Hall–Kier alpha value is -0.730. The highest BCUT2D eigenvalue weighted by Gasteiger charge is 2.54. The predicted octanol–water partition coefficient (Wildman–Crippen LogP) is 1.63. The summed E-state index contributed by atoms with van der Waals surface area (Å²) in [4.78, 5) is 13.1. The topological polar surface area (TPSA) is 29.5 Å². The van der Waals surface area contributed by atoms with Crippen molar-refractivity contribution in [2.75, 3.05) is 13.1 Å². The number of nitrogens with zero attached hydrogens (tertiary/aromatic N) is 1. The smallest absolute Gasteiger partial charge is 0.410 e. The fourth-order valence-electron chi connectivity index (χ4n) is 1.66. The Balaban J connectivity index is 1.76. The fraction of sp³-hybridized carbons (Fsp3) is 0.889. The van der Waals surface area contributed by atoms with E-state index in [2.05, 4.69) is 0 Å². The van der Waals surface area contributed by atoms with Crippen LogP contribution in [0, 0.1) is 5.41 Å². The Labute approximate surface area is 72.7 Å². The molecule has 0 radical (unpaired) electrons. The Morgan fingerprint density at radius 1 is 1.42 bits per heavy atom. The van der Waals surface area contributed by atoms with E-state index >= 15 is 0 Å². The molecule has 0 bridgehead atoms. The van der Waals surface area contributed by atoms with E-state index in [1.807, 2.05) is 13.8 Å². The number of carbonyl (C=O) groups excluding carboxylic acids is 1. The van der Waals surface area contributed by atoms with Gasteiger partial charge in [0, 0.05) is 18.5 Å². The zero-order valence-electron chi connectivity index (χ0n) is 7.67. The van der Waals surface area contributed by atoms with Gasteiger partial charge in [0.25, 0.3) is 0 Å². The Morgan fingerprint density at radius 2 is 2.00 bits per heavy atom. The molecule has 2 fully saturated rings. The first-order valence-electron chi connectivity index (χ1n) is 4.57. The lowest BCUT2D eigenvalue weighted by molar-refractivity contribution is 0.0290. The molecule has 0 unspecified atom stereocenters. The molecule has 1 amide bonds. The average Bonchev–Trinajstić information content (AvgIpc) is 2.59. The van der Waals surface area contributed by atoms with Crippen LogP contribution in [0.25, 0.3) is 0 Å². The zero-order valence-corrected chi connectivity index (χ0v) is 7.67. The summed E-state index contributed by atoms with van der Waals surface area (Å²) in [5.41, 5.74) is 0.538. The van der Waals surface area contributed by atoms with Crippen molar-refractivity contribution in [3.63, 3.8) is 0 Å². The SMILES string of the molecule is CC(C)OC(=O)N1CC2(CC2)C1. The van der Waals surface area contributed by atoms with Crippen LogP contribution in [0.3, 0.4) is 0 Å². The van der Waals surface area contributed by atoms with Crippen molar-refractivity contribution in [1.82, 2.24) is 4.90 Å². The molecule has 2 aliphatic rings. The highest BCUT2D eigenvalue weighted by Crippen LogP contribution is 2.52. The van der Waals surface area contributed by atoms with Gasteiger partial charge in [0.1, 0.15) is 0 Å². The van der Waals surface area contributed by atoms with Crippen LogP contribution in [0.4, 0.5) is 4.79 Å². The van der Waals surface area contributed by atoms with Crippen molar-refractivity contribution in [2.45, 2.75) is 32.8 Å². The van der Waals surface area contributed by atoms with E-state index in [0.29, 0.717) is 5.41 Å². The van der Waals surface area contributed by atoms with Crippen molar-refractivity contribution >= 4 is 6.09 Å². The number of ether oxygens (including phenoxy) is 1. The molecule has 1 spiro atoms. The van der Waals surface area contributed by atoms with Crippen LogP contribution in [0.15, 0.2) is 0 Å². The highest BCUT2D eigenvalue weighted by molar-refractivity contribution is 5.69. The van der Waals surface area contributed by atoms with Gasteiger partial charge >= 0.3 is 6.09 Å². The van der Waals surface area contributed by atoms with Gasteiger partial charge in [0.15, 0.2) is 0 Å². The lowest BCUT2D eigenvalue weighted by atomic mass is 9.98. The number of carbonyl (C=O) groups is 1. The Kier molecular flexibility index (Phi) is 1.56. The number of likely N-dealkylation sites (tertiary alicyclic amines) is 1. The molecular weight excluding hydrogens is 154 g/mol. The molecule has 1 aliphatic heterocycles. The van der Waals surface area contributed by atoms with Gasteiger partial charge in [-0.05, 0) is 26.7 Å². The maximum Gasteiger partial charge on any atom is 0.410 e. The van der Waals surface area contributed by atoms with Crippen molar-refractivity contribution in [3.05, 3.63) is 0 Å². The molecule has 0 atom stereocenters. The third-order valence-corrected chi connectivity index (χ3v) is 2.60. The monoisotopic (exact) mass is 169 g/mol. The lowest BCUT2D eigenvalue weighted by Crippen LogP contribution is -2.52. The van der Waals surface area contributed by atoms with E-state index in [0.717, 1.165) is 13.1 Å². The molecule has 0 aromatic heterocycles. The first-order valence-corrected chi connectivity index (χ1v) is 4.57. The first-order chi connectivity index (χ1) is 5.61. The first kappa shape index (κ1) is 7.90. The molecule has 1 aliphatic carbocycles. The van der Waals surface area contributed by atoms with Crippen LogP contribution in [0.5, 0.6) is 0 Å². The molecule has 0 N–H and O–H groups in total. The van der Waals surface area contributed by atoms with Crippen LogP contribution in [0.1, 0.15) is 26.7 Å². The minimum atomic E-state index is -0.137. The van der Waals surface area contributed by atoms with Gasteiger partial charge < -0.3 is 9.64 Å². The van der Waals surface area contributed by atoms with Crippen molar-refractivity contribution < 1.29 is 9.53 Å². The summed E-state index contributed by atoms with van der Waals surface area (Å²) < 4.78 is 5.06. The molecule has 12 heavy (non-hydrogen) atoms. The molecule has 2 rings (SSSR count). The molecule has 1 saturated carbocycles. The second-order valence-electron chi connectivity index (χ2n) is 4.29. The molecule has 0 aromatic rings. The van der Waals surface area contributed by atoms with Gasteiger partial charge in [-0.3, -0.25) is 0 Å². The fourth-order valence-corrected chi connectivity index (χ4v) is 1.66. The second-order valence-corrected chi connectivity index (χ2v) is 4.29. The molecule has 1 saturated heterocycles. The number of rotatable bonds is 1. The van der Waals surface area contributed by atoms with Crippen LogP contribution < -0.4 is 0 Å². The molecular formula is C9H15NO2. The number of amides is 1. The summed E-state index contributed by atoms with van der Waals surface area (Å²) in [6, 6.07) is 0. The maximum absolute atomic E-state index is 11.3. The van der Waals surface area contributed by atoms with Crippen LogP contribution in [-0.4, -0.2) is 30.2 Å². The molecule has 3 nitrogen and oxygen atoms in total. The van der Waals surface area contributed by atoms with E-state index < -0.39 is 0 Å².